The van der Waals surface area contributed by atoms with Crippen molar-refractivity contribution in [2.75, 3.05) is 20.3 Å². The fraction of sp³-hybridized carbons (Fsp3) is 0.300. The van der Waals surface area contributed by atoms with Crippen molar-refractivity contribution in [1.82, 2.24) is 0 Å². The lowest BCUT2D eigenvalue weighted by atomic mass is 10.2. The normalized spacial score (nSPS) is 11.6. The van der Waals surface area contributed by atoms with Crippen molar-refractivity contribution in [3.05, 3.63) is 28.0 Å². The van der Waals surface area contributed by atoms with Crippen LogP contribution in [0.5, 0.6) is 5.75 Å². The molecule has 0 atom stereocenters. The van der Waals surface area contributed by atoms with Gasteiger partial charge in [0.05, 0.1) is 11.1 Å². The fourth-order valence-electron chi connectivity index (χ4n) is 1.13. The second-order valence-corrected chi connectivity index (χ2v) is 3.86. The van der Waals surface area contributed by atoms with Gasteiger partial charge in [-0.1, -0.05) is 5.16 Å². The molecule has 94 valence electrons. The number of halogens is 2. The highest BCUT2D eigenvalue weighted by molar-refractivity contribution is 9.10. The molecule has 0 heterocycles. The Labute approximate surface area is 106 Å². The zero-order chi connectivity index (χ0) is 12.8. The monoisotopic (exact) mass is 306 g/mol. The molecule has 0 saturated heterocycles. The maximum atomic E-state index is 13.8. The highest BCUT2D eigenvalue weighted by Crippen LogP contribution is 2.28. The largest absolute Gasteiger partial charge is 0.488 e. The van der Waals surface area contributed by atoms with Gasteiger partial charge in [0, 0.05) is 12.7 Å². The topological polar surface area (TPSA) is 77.1 Å². The van der Waals surface area contributed by atoms with Crippen molar-refractivity contribution in [2.45, 2.75) is 0 Å². The molecule has 5 nitrogen and oxygen atoms in total. The molecule has 7 heteroatoms. The summed E-state index contributed by atoms with van der Waals surface area (Å²) < 4.78 is 23.8. The van der Waals surface area contributed by atoms with Gasteiger partial charge in [-0.05, 0) is 28.1 Å². The smallest absolute Gasteiger partial charge is 0.179 e. The number of nitrogens with zero attached hydrogens (tertiary/aromatic N) is 1. The molecule has 0 bridgehead atoms. The third-order valence-electron chi connectivity index (χ3n) is 1.98. The van der Waals surface area contributed by atoms with E-state index in [1.54, 1.807) is 0 Å². The highest BCUT2D eigenvalue weighted by atomic mass is 79.9. The average molecular weight is 307 g/mol. The molecule has 0 fully saturated rings. The number of hydrogen-bond donors (Lipinski definition) is 2. The van der Waals surface area contributed by atoms with Crippen LogP contribution in [-0.2, 0) is 4.74 Å². The number of oxime groups is 1. The molecule has 0 aliphatic heterocycles. The van der Waals surface area contributed by atoms with Gasteiger partial charge in [-0.3, -0.25) is 0 Å². The van der Waals surface area contributed by atoms with Crippen molar-refractivity contribution in [3.8, 4) is 5.75 Å². The molecular weight excluding hydrogens is 295 g/mol. The first-order valence-electron chi connectivity index (χ1n) is 4.69. The second-order valence-electron chi connectivity index (χ2n) is 3.07. The molecule has 3 N–H and O–H groups in total. The molecule has 17 heavy (non-hydrogen) atoms. The van der Waals surface area contributed by atoms with Crippen LogP contribution < -0.4 is 10.5 Å². The van der Waals surface area contributed by atoms with Crippen LogP contribution in [0.1, 0.15) is 5.56 Å². The minimum Gasteiger partial charge on any atom is -0.488 e. The van der Waals surface area contributed by atoms with Crippen LogP contribution in [-0.4, -0.2) is 31.4 Å². The van der Waals surface area contributed by atoms with Crippen molar-refractivity contribution >= 4 is 21.8 Å². The Kier molecular flexibility index (Phi) is 5.17. The van der Waals surface area contributed by atoms with E-state index in [0.29, 0.717) is 6.61 Å². The number of hydrogen-bond acceptors (Lipinski definition) is 4. The minimum atomic E-state index is -0.606. The third kappa shape index (κ3) is 3.31. The molecule has 0 aliphatic rings. The van der Waals surface area contributed by atoms with Crippen LogP contribution in [0.3, 0.4) is 0 Å². The standard InChI is InChI=1S/C10H12BrFN2O3/c1-16-4-5-17-7-3-2-6(10(13)14-15)8(11)9(7)12/h2-3,15H,4-5H2,1H3,(H2,13,14). The third-order valence-corrected chi connectivity index (χ3v) is 2.75. The minimum absolute atomic E-state index is 0.0726. The number of amidine groups is 1. The van der Waals surface area contributed by atoms with Gasteiger partial charge in [-0.25, -0.2) is 4.39 Å². The maximum Gasteiger partial charge on any atom is 0.179 e. The molecule has 0 spiro atoms. The molecule has 0 radical (unpaired) electrons. The van der Waals surface area contributed by atoms with E-state index in [0.717, 1.165) is 0 Å². The van der Waals surface area contributed by atoms with E-state index in [-0.39, 0.29) is 28.2 Å². The Morgan fingerprint density at radius 1 is 1.53 bits per heavy atom. The number of nitrogens with two attached hydrogens (primary N) is 1. The van der Waals surface area contributed by atoms with Gasteiger partial charge in [0.15, 0.2) is 17.4 Å². The molecule has 0 unspecified atom stereocenters. The average Bonchev–Trinajstić information content (AvgIpc) is 2.34. The molecule has 1 aromatic carbocycles. The summed E-state index contributed by atoms with van der Waals surface area (Å²) in [6.45, 7) is 0.599. The Hall–Kier alpha value is -1.34. The quantitative estimate of drug-likeness (QED) is 0.285. The first kappa shape index (κ1) is 13.7. The fourth-order valence-corrected chi connectivity index (χ4v) is 1.66. The Morgan fingerprint density at radius 3 is 2.82 bits per heavy atom. The first-order valence-corrected chi connectivity index (χ1v) is 5.48. The van der Waals surface area contributed by atoms with E-state index >= 15 is 0 Å². The van der Waals surface area contributed by atoms with Gasteiger partial charge >= 0.3 is 0 Å². The first-order chi connectivity index (χ1) is 8.11. The molecule has 1 rings (SSSR count). The number of rotatable bonds is 5. The molecule has 1 aromatic rings. The van der Waals surface area contributed by atoms with E-state index in [1.807, 2.05) is 0 Å². The number of methoxy groups -OCH3 is 1. The van der Waals surface area contributed by atoms with Gasteiger partial charge in [-0.15, -0.1) is 0 Å². The lowest BCUT2D eigenvalue weighted by molar-refractivity contribution is 0.143. The van der Waals surface area contributed by atoms with Crippen LogP contribution in [0.4, 0.5) is 4.39 Å². The van der Waals surface area contributed by atoms with Crippen molar-refractivity contribution in [2.24, 2.45) is 10.9 Å². The summed E-state index contributed by atoms with van der Waals surface area (Å²) in [4.78, 5) is 0. The summed E-state index contributed by atoms with van der Waals surface area (Å²) in [6.07, 6.45) is 0. The van der Waals surface area contributed by atoms with E-state index in [9.17, 15) is 4.39 Å². The summed E-state index contributed by atoms with van der Waals surface area (Å²) in [5, 5.41) is 11.3. The van der Waals surface area contributed by atoms with E-state index in [2.05, 4.69) is 21.1 Å². The number of ether oxygens (including phenoxy) is 2. The molecule has 0 aromatic heterocycles. The number of benzene rings is 1. The van der Waals surface area contributed by atoms with Crippen LogP contribution in [0.2, 0.25) is 0 Å². The zero-order valence-electron chi connectivity index (χ0n) is 9.11. The molecule has 0 amide bonds. The summed E-state index contributed by atoms with van der Waals surface area (Å²) in [5.74, 6) is -0.715. The van der Waals surface area contributed by atoms with Crippen molar-refractivity contribution in [3.63, 3.8) is 0 Å². The molecular formula is C10H12BrFN2O3. The molecule has 0 saturated carbocycles. The Morgan fingerprint density at radius 2 is 2.24 bits per heavy atom. The van der Waals surface area contributed by atoms with Crippen LogP contribution in [0.25, 0.3) is 0 Å². The zero-order valence-corrected chi connectivity index (χ0v) is 10.7. The van der Waals surface area contributed by atoms with Gasteiger partial charge in [0.2, 0.25) is 0 Å². The van der Waals surface area contributed by atoms with E-state index in [1.165, 1.54) is 19.2 Å². The Balaban J connectivity index is 2.94. The lowest BCUT2D eigenvalue weighted by Crippen LogP contribution is -2.15. The van der Waals surface area contributed by atoms with Crippen LogP contribution >= 0.6 is 15.9 Å². The van der Waals surface area contributed by atoms with Crippen LogP contribution in [0.15, 0.2) is 21.8 Å². The van der Waals surface area contributed by atoms with Crippen molar-refractivity contribution < 1.29 is 19.1 Å². The summed E-state index contributed by atoms with van der Waals surface area (Å²) in [5.41, 5.74) is 5.63. The van der Waals surface area contributed by atoms with Crippen molar-refractivity contribution in [1.29, 1.82) is 0 Å². The summed E-state index contributed by atoms with van der Waals surface area (Å²) >= 11 is 3.02. The Bertz CT molecular complexity index is 426. The second kappa shape index (κ2) is 6.41. The molecule has 0 aliphatic carbocycles. The van der Waals surface area contributed by atoms with Gasteiger partial charge in [-0.2, -0.15) is 0 Å². The van der Waals surface area contributed by atoms with Gasteiger partial charge < -0.3 is 20.4 Å². The van der Waals surface area contributed by atoms with Crippen LogP contribution in [0, 0.1) is 5.82 Å². The predicted octanol–water partition coefficient (Wildman–Crippen LogP) is 1.71. The van der Waals surface area contributed by atoms with E-state index in [4.69, 9.17) is 20.4 Å². The van der Waals surface area contributed by atoms with Gasteiger partial charge in [0.25, 0.3) is 0 Å². The SMILES string of the molecule is COCCOc1ccc(/C(N)=N/O)c(Br)c1F. The summed E-state index contributed by atoms with van der Waals surface area (Å²) in [7, 11) is 1.52. The summed E-state index contributed by atoms with van der Waals surface area (Å²) in [6, 6.07) is 2.90. The highest BCUT2D eigenvalue weighted by Gasteiger charge is 2.14. The lowest BCUT2D eigenvalue weighted by Gasteiger charge is -2.10. The predicted molar refractivity (Wildman–Crippen MR) is 64.0 cm³/mol. The van der Waals surface area contributed by atoms with E-state index < -0.39 is 5.82 Å². The van der Waals surface area contributed by atoms with Gasteiger partial charge in [0.1, 0.15) is 6.61 Å². The maximum absolute atomic E-state index is 13.8.